The Morgan fingerprint density at radius 3 is 2.42 bits per heavy atom. The Morgan fingerprint density at radius 1 is 0.962 bits per heavy atom. The largest absolute Gasteiger partial charge is 0.433 e. The van der Waals surface area contributed by atoms with E-state index in [0.717, 1.165) is 22.8 Å². The van der Waals surface area contributed by atoms with Gasteiger partial charge in [0.1, 0.15) is 11.5 Å². The van der Waals surface area contributed by atoms with Crippen LogP contribution in [0.15, 0.2) is 54.9 Å². The summed E-state index contributed by atoms with van der Waals surface area (Å²) in [6.45, 7) is 1.94. The molecule has 0 bridgehead atoms. The molecule has 0 N–H and O–H groups in total. The molecule has 0 unspecified atom stereocenters. The Morgan fingerprint density at radius 2 is 1.77 bits per heavy atom. The lowest BCUT2D eigenvalue weighted by molar-refractivity contribution is -0.141. The van der Waals surface area contributed by atoms with Crippen molar-refractivity contribution in [2.45, 2.75) is 25.9 Å². The second-order valence-corrected chi connectivity index (χ2v) is 5.88. The summed E-state index contributed by atoms with van der Waals surface area (Å²) in [6, 6.07) is 10.6. The third-order valence-electron chi connectivity index (χ3n) is 4.12. The van der Waals surface area contributed by atoms with Crippen LogP contribution in [-0.4, -0.2) is 9.97 Å². The van der Waals surface area contributed by atoms with E-state index in [-0.39, 0.29) is 5.82 Å². The lowest BCUT2D eigenvalue weighted by atomic mass is 9.95. The molecule has 0 aliphatic rings. The number of halogens is 4. The molecule has 26 heavy (non-hydrogen) atoms. The fourth-order valence-corrected chi connectivity index (χ4v) is 2.83. The number of aryl methyl sites for hydroxylation is 1. The molecule has 6 heteroatoms. The van der Waals surface area contributed by atoms with Crippen molar-refractivity contribution in [3.63, 3.8) is 0 Å². The lowest BCUT2D eigenvalue weighted by Crippen LogP contribution is -2.08. The van der Waals surface area contributed by atoms with Crippen LogP contribution >= 0.6 is 0 Å². The Kier molecular flexibility index (Phi) is 5.02. The molecule has 0 spiro atoms. The number of hydrogen-bond acceptors (Lipinski definition) is 2. The molecule has 0 saturated carbocycles. The van der Waals surface area contributed by atoms with E-state index in [2.05, 4.69) is 9.97 Å². The molecule has 2 aromatic heterocycles. The van der Waals surface area contributed by atoms with E-state index >= 15 is 0 Å². The van der Waals surface area contributed by atoms with Crippen LogP contribution in [0.25, 0.3) is 11.1 Å². The number of nitrogens with zero attached hydrogens (tertiary/aromatic N) is 2. The number of aromatic nitrogens is 2. The second kappa shape index (κ2) is 7.23. The maximum atomic E-state index is 13.5. The minimum atomic E-state index is -4.46. The third kappa shape index (κ3) is 3.90. The van der Waals surface area contributed by atoms with Gasteiger partial charge in [-0.25, -0.2) is 4.39 Å². The van der Waals surface area contributed by atoms with Gasteiger partial charge < -0.3 is 0 Å². The molecule has 2 heterocycles. The highest BCUT2D eigenvalue weighted by Gasteiger charge is 2.32. The van der Waals surface area contributed by atoms with Crippen molar-refractivity contribution in [3.8, 4) is 11.1 Å². The highest BCUT2D eigenvalue weighted by Crippen LogP contribution is 2.30. The van der Waals surface area contributed by atoms with Gasteiger partial charge in [-0.15, -0.1) is 0 Å². The van der Waals surface area contributed by atoms with Crippen LogP contribution in [0, 0.1) is 5.82 Å². The Balaban J connectivity index is 1.96. The summed E-state index contributed by atoms with van der Waals surface area (Å²) in [7, 11) is 0. The Hall–Kier alpha value is -2.76. The molecule has 3 aromatic rings. The first-order valence-electron chi connectivity index (χ1n) is 8.13. The van der Waals surface area contributed by atoms with E-state index in [4.69, 9.17) is 0 Å². The topological polar surface area (TPSA) is 25.8 Å². The second-order valence-electron chi connectivity index (χ2n) is 5.88. The monoisotopic (exact) mass is 360 g/mol. The maximum absolute atomic E-state index is 13.5. The van der Waals surface area contributed by atoms with Crippen molar-refractivity contribution in [2.75, 3.05) is 0 Å². The predicted octanol–water partition coefficient (Wildman–Crippen LogP) is 5.45. The van der Waals surface area contributed by atoms with Crippen LogP contribution < -0.4 is 0 Å². The summed E-state index contributed by atoms with van der Waals surface area (Å²) in [5.41, 5.74) is 2.97. The zero-order valence-electron chi connectivity index (χ0n) is 14.0. The molecule has 0 radical (unpaired) electrons. The minimum Gasteiger partial charge on any atom is -0.260 e. The summed E-state index contributed by atoms with van der Waals surface area (Å²) in [5, 5.41) is 0. The molecular weight excluding hydrogens is 344 g/mol. The van der Waals surface area contributed by atoms with Crippen molar-refractivity contribution in [1.82, 2.24) is 9.97 Å². The van der Waals surface area contributed by atoms with E-state index in [1.165, 1.54) is 24.4 Å². The number of rotatable bonds is 4. The first-order chi connectivity index (χ1) is 12.4. The van der Waals surface area contributed by atoms with Gasteiger partial charge >= 0.3 is 6.18 Å². The Labute approximate surface area is 148 Å². The zero-order valence-corrected chi connectivity index (χ0v) is 14.0. The van der Waals surface area contributed by atoms with Gasteiger partial charge in [0.2, 0.25) is 0 Å². The average Bonchev–Trinajstić information content (AvgIpc) is 2.62. The molecule has 134 valence electrons. The van der Waals surface area contributed by atoms with Crippen LogP contribution in [0.4, 0.5) is 17.6 Å². The summed E-state index contributed by atoms with van der Waals surface area (Å²) < 4.78 is 51.4. The van der Waals surface area contributed by atoms with Gasteiger partial charge in [-0.2, -0.15) is 13.2 Å². The molecule has 2 nitrogen and oxygen atoms in total. The molecule has 0 aliphatic heterocycles. The third-order valence-corrected chi connectivity index (χ3v) is 4.12. The molecule has 1 aromatic carbocycles. The van der Waals surface area contributed by atoms with Gasteiger partial charge in [0.15, 0.2) is 0 Å². The van der Waals surface area contributed by atoms with E-state index in [1.807, 2.05) is 13.0 Å². The number of benzene rings is 1. The van der Waals surface area contributed by atoms with Crippen molar-refractivity contribution in [3.05, 3.63) is 83.2 Å². The van der Waals surface area contributed by atoms with Crippen molar-refractivity contribution >= 4 is 0 Å². The normalized spacial score (nSPS) is 11.6. The fraction of sp³-hybridized carbons (Fsp3) is 0.200. The van der Waals surface area contributed by atoms with E-state index in [1.54, 1.807) is 18.3 Å². The molecule has 0 saturated heterocycles. The molecular formula is C20H16F4N2. The molecule has 0 aliphatic carbocycles. The highest BCUT2D eigenvalue weighted by molar-refractivity contribution is 5.70. The van der Waals surface area contributed by atoms with Crippen LogP contribution in [0.1, 0.15) is 29.4 Å². The van der Waals surface area contributed by atoms with Gasteiger partial charge in [0.05, 0.1) is 5.69 Å². The first kappa shape index (κ1) is 18.0. The van der Waals surface area contributed by atoms with Crippen LogP contribution in [0.2, 0.25) is 0 Å². The summed E-state index contributed by atoms with van der Waals surface area (Å²) in [4.78, 5) is 7.87. The van der Waals surface area contributed by atoms with Crippen molar-refractivity contribution in [2.24, 2.45) is 0 Å². The lowest BCUT2D eigenvalue weighted by Gasteiger charge is -2.13. The molecule has 0 fully saturated rings. The van der Waals surface area contributed by atoms with E-state index in [9.17, 15) is 17.6 Å². The number of pyridine rings is 2. The predicted molar refractivity (Wildman–Crippen MR) is 91.1 cm³/mol. The summed E-state index contributed by atoms with van der Waals surface area (Å²) in [6.07, 6.45) is -0.623. The van der Waals surface area contributed by atoms with E-state index < -0.39 is 11.9 Å². The fourth-order valence-electron chi connectivity index (χ4n) is 2.83. The quantitative estimate of drug-likeness (QED) is 0.578. The van der Waals surface area contributed by atoms with Gasteiger partial charge in [0, 0.05) is 24.4 Å². The van der Waals surface area contributed by atoms with Gasteiger partial charge in [0.25, 0.3) is 0 Å². The van der Waals surface area contributed by atoms with Gasteiger partial charge in [-0.1, -0.05) is 25.1 Å². The van der Waals surface area contributed by atoms with E-state index in [0.29, 0.717) is 24.1 Å². The van der Waals surface area contributed by atoms with Gasteiger partial charge in [-0.05, 0) is 47.4 Å². The number of alkyl halides is 3. The molecule has 0 atom stereocenters. The summed E-state index contributed by atoms with van der Waals surface area (Å²) in [5.74, 6) is -0.303. The van der Waals surface area contributed by atoms with Crippen LogP contribution in [0.3, 0.4) is 0 Å². The highest BCUT2D eigenvalue weighted by atomic mass is 19.4. The Bertz CT molecular complexity index is 902. The smallest absolute Gasteiger partial charge is 0.260 e. The van der Waals surface area contributed by atoms with Crippen LogP contribution in [-0.2, 0) is 19.0 Å². The SMILES string of the molecule is CCc1cc(F)ccc1-c1cccnc1Cc1ccc(C(F)(F)F)nc1. The standard InChI is InChI=1S/C20H16F4N2/c1-2-14-11-15(21)6-7-16(14)17-4-3-9-25-18(17)10-13-5-8-19(26-12-13)20(22,23)24/h3-9,11-12H,2,10H2,1H3. The van der Waals surface area contributed by atoms with Crippen LogP contribution in [0.5, 0.6) is 0 Å². The maximum Gasteiger partial charge on any atom is 0.433 e. The molecule has 0 amide bonds. The molecule has 3 rings (SSSR count). The van der Waals surface area contributed by atoms with Gasteiger partial charge in [-0.3, -0.25) is 9.97 Å². The first-order valence-corrected chi connectivity index (χ1v) is 8.13. The minimum absolute atomic E-state index is 0.303. The summed E-state index contributed by atoms with van der Waals surface area (Å²) >= 11 is 0. The number of hydrogen-bond donors (Lipinski definition) is 0. The zero-order chi connectivity index (χ0) is 18.7. The van der Waals surface area contributed by atoms with Crippen molar-refractivity contribution < 1.29 is 17.6 Å². The van der Waals surface area contributed by atoms with Crippen molar-refractivity contribution in [1.29, 1.82) is 0 Å². The average molecular weight is 360 g/mol.